The molecule has 5 rings (SSSR count). The molecular weight excluding hydrogens is 408 g/mol. The van der Waals surface area contributed by atoms with E-state index in [2.05, 4.69) is 26.0 Å². The summed E-state index contributed by atoms with van der Waals surface area (Å²) in [4.78, 5) is 31.5. The minimum absolute atomic E-state index is 0.0377. The highest BCUT2D eigenvalue weighted by molar-refractivity contribution is 7.07. The molecule has 0 spiro atoms. The van der Waals surface area contributed by atoms with Gasteiger partial charge in [-0.25, -0.2) is 4.99 Å². The van der Waals surface area contributed by atoms with E-state index in [9.17, 15) is 9.59 Å². The molecule has 3 aromatic rings. The van der Waals surface area contributed by atoms with Gasteiger partial charge in [-0.3, -0.25) is 14.2 Å². The molecule has 0 saturated carbocycles. The highest BCUT2D eigenvalue weighted by atomic mass is 32.1. The molecule has 31 heavy (non-hydrogen) atoms. The van der Waals surface area contributed by atoms with E-state index in [4.69, 9.17) is 9.73 Å². The summed E-state index contributed by atoms with van der Waals surface area (Å²) in [6.45, 7) is 7.70. The third-order valence-corrected chi connectivity index (χ3v) is 7.20. The topological polar surface area (TPSA) is 60.7 Å². The normalized spacial score (nSPS) is 24.2. The Labute approximate surface area is 184 Å². The van der Waals surface area contributed by atoms with Crippen LogP contribution in [0.4, 0.5) is 0 Å². The van der Waals surface area contributed by atoms with E-state index >= 15 is 0 Å². The van der Waals surface area contributed by atoms with E-state index in [-0.39, 0.29) is 11.3 Å². The lowest BCUT2D eigenvalue weighted by Gasteiger charge is -2.45. The predicted molar refractivity (Wildman–Crippen MR) is 121 cm³/mol. The number of Topliss-reactive ketones (excluding diaryl/α,β-unsaturated/α-hetero) is 1. The van der Waals surface area contributed by atoms with Crippen LogP contribution in [0.1, 0.15) is 56.3 Å². The maximum Gasteiger partial charge on any atom is 0.270 e. The number of ketones is 1. The fourth-order valence-corrected chi connectivity index (χ4v) is 5.78. The molecular formula is C25H24N2O3S. The van der Waals surface area contributed by atoms with E-state index in [1.807, 2.05) is 49.4 Å². The average molecular weight is 433 g/mol. The number of rotatable bonds is 3. The number of aromatic nitrogens is 1. The summed E-state index contributed by atoms with van der Waals surface area (Å²) < 4.78 is 8.51. The summed E-state index contributed by atoms with van der Waals surface area (Å²) >= 11 is 1.35. The van der Waals surface area contributed by atoms with E-state index < -0.39 is 17.7 Å². The first-order chi connectivity index (χ1) is 14.8. The van der Waals surface area contributed by atoms with E-state index in [1.165, 1.54) is 16.9 Å². The Balaban J connectivity index is 1.73. The summed E-state index contributed by atoms with van der Waals surface area (Å²) in [5.74, 6) is 0.538. The second kappa shape index (κ2) is 7.02. The van der Waals surface area contributed by atoms with Gasteiger partial charge in [-0.15, -0.1) is 0 Å². The van der Waals surface area contributed by atoms with Crippen LogP contribution in [0.15, 0.2) is 58.3 Å². The van der Waals surface area contributed by atoms with Crippen molar-refractivity contribution in [3.63, 3.8) is 0 Å². The van der Waals surface area contributed by atoms with Gasteiger partial charge >= 0.3 is 0 Å². The van der Waals surface area contributed by atoms with Crippen LogP contribution in [-0.2, 0) is 4.79 Å². The van der Waals surface area contributed by atoms with Crippen LogP contribution >= 0.6 is 11.3 Å². The van der Waals surface area contributed by atoms with Crippen LogP contribution in [0.5, 0.6) is 5.75 Å². The molecule has 2 aliphatic rings. The van der Waals surface area contributed by atoms with Crippen LogP contribution < -0.4 is 19.6 Å². The zero-order valence-corrected chi connectivity index (χ0v) is 18.8. The van der Waals surface area contributed by atoms with Gasteiger partial charge in [0, 0.05) is 5.56 Å². The molecule has 6 heteroatoms. The van der Waals surface area contributed by atoms with Gasteiger partial charge in [0.25, 0.3) is 5.56 Å². The predicted octanol–water partition coefficient (Wildman–Crippen LogP) is 3.40. The average Bonchev–Trinajstić information content (AvgIpc) is 3.01. The smallest absolute Gasteiger partial charge is 0.270 e. The second-order valence-corrected chi connectivity index (χ2v) is 9.74. The maximum absolute atomic E-state index is 13.5. The highest BCUT2D eigenvalue weighted by Gasteiger charge is 2.53. The monoisotopic (exact) mass is 432 g/mol. The van der Waals surface area contributed by atoms with Gasteiger partial charge < -0.3 is 4.74 Å². The number of carbonyl (C=O) groups excluding carboxylic acids is 1. The molecule has 0 amide bonds. The summed E-state index contributed by atoms with van der Waals surface area (Å²) in [5.41, 5.74) is 1.93. The molecule has 2 aliphatic heterocycles. The van der Waals surface area contributed by atoms with Crippen LogP contribution in [0, 0.1) is 5.92 Å². The van der Waals surface area contributed by atoms with Crippen molar-refractivity contribution in [3.8, 4) is 5.75 Å². The first-order valence-electron chi connectivity index (χ1n) is 10.5. The van der Waals surface area contributed by atoms with Gasteiger partial charge in [-0.1, -0.05) is 67.6 Å². The van der Waals surface area contributed by atoms with E-state index in [0.29, 0.717) is 21.0 Å². The minimum Gasteiger partial charge on any atom is -0.465 e. The number of ether oxygens (including phenoxy) is 1. The van der Waals surface area contributed by atoms with Gasteiger partial charge in [-0.05, 0) is 43.0 Å². The molecule has 5 nitrogen and oxygen atoms in total. The third kappa shape index (κ3) is 3.08. The first kappa shape index (κ1) is 19.9. The first-order valence-corrected chi connectivity index (χ1v) is 11.3. The Kier molecular flexibility index (Phi) is 4.52. The zero-order chi connectivity index (χ0) is 21.9. The standard InChI is InChI=1S/C25H24N2O3S/c1-14(2)17-11-9-16(10-12-17)13-20-23(29)27-22-18-7-5-6-8-19(18)30-25(4,21(22)15(3)28)26-24(27)31-20/h5-14,21-22H,1-4H3/b20-13-/t21-,22-,25-/m1/s1. The Morgan fingerprint density at radius 3 is 2.58 bits per heavy atom. The summed E-state index contributed by atoms with van der Waals surface area (Å²) in [6, 6.07) is 15.4. The lowest BCUT2D eigenvalue weighted by Crippen LogP contribution is -2.58. The molecule has 0 unspecified atom stereocenters. The largest absolute Gasteiger partial charge is 0.465 e. The number of carbonyl (C=O) groups is 1. The number of hydrogen-bond acceptors (Lipinski definition) is 5. The number of nitrogens with zero attached hydrogens (tertiary/aromatic N) is 2. The summed E-state index contributed by atoms with van der Waals surface area (Å²) in [7, 11) is 0. The van der Waals surface area contributed by atoms with Crippen molar-refractivity contribution in [3.05, 3.63) is 84.9 Å². The summed E-state index contributed by atoms with van der Waals surface area (Å²) in [6.07, 6.45) is 1.90. The molecule has 1 aromatic heterocycles. The molecule has 158 valence electrons. The maximum atomic E-state index is 13.5. The van der Waals surface area contributed by atoms with Crippen LogP contribution in [0.25, 0.3) is 6.08 Å². The molecule has 0 N–H and O–H groups in total. The fraction of sp³-hybridized carbons (Fsp3) is 0.320. The van der Waals surface area contributed by atoms with Gasteiger partial charge in [-0.2, -0.15) is 0 Å². The molecule has 2 bridgehead atoms. The fourth-order valence-electron chi connectivity index (χ4n) is 4.68. The number of hydrogen-bond donors (Lipinski definition) is 0. The third-order valence-electron chi connectivity index (χ3n) is 6.22. The molecule has 0 saturated heterocycles. The number of fused-ring (bicyclic) bond motifs is 6. The highest BCUT2D eigenvalue weighted by Crippen LogP contribution is 2.47. The van der Waals surface area contributed by atoms with Gasteiger partial charge in [0.15, 0.2) is 4.80 Å². The zero-order valence-electron chi connectivity index (χ0n) is 18.0. The number of para-hydroxylation sites is 1. The van der Waals surface area contributed by atoms with Gasteiger partial charge in [0.05, 0.1) is 10.6 Å². The number of thiazole rings is 1. The summed E-state index contributed by atoms with van der Waals surface area (Å²) in [5, 5.41) is 0. The molecule has 0 radical (unpaired) electrons. The number of benzene rings is 2. The Morgan fingerprint density at radius 1 is 1.19 bits per heavy atom. The molecule has 0 fully saturated rings. The molecule has 2 aromatic carbocycles. The van der Waals surface area contributed by atoms with Crippen molar-refractivity contribution >= 4 is 23.2 Å². The molecule has 3 heterocycles. The van der Waals surface area contributed by atoms with Crippen molar-refractivity contribution in [2.45, 2.75) is 45.4 Å². The van der Waals surface area contributed by atoms with Gasteiger partial charge in [0.2, 0.25) is 5.72 Å². The van der Waals surface area contributed by atoms with Gasteiger partial charge in [0.1, 0.15) is 17.5 Å². The molecule has 0 aliphatic carbocycles. The minimum atomic E-state index is -1.03. The van der Waals surface area contributed by atoms with Crippen molar-refractivity contribution < 1.29 is 9.53 Å². The lowest BCUT2D eigenvalue weighted by atomic mass is 9.79. The van der Waals surface area contributed by atoms with E-state index in [0.717, 1.165) is 11.1 Å². The van der Waals surface area contributed by atoms with Crippen molar-refractivity contribution in [2.24, 2.45) is 10.9 Å². The second-order valence-electron chi connectivity index (χ2n) is 8.73. The van der Waals surface area contributed by atoms with Crippen LogP contribution in [0.3, 0.4) is 0 Å². The van der Waals surface area contributed by atoms with Crippen LogP contribution in [0.2, 0.25) is 0 Å². The van der Waals surface area contributed by atoms with Crippen LogP contribution in [-0.4, -0.2) is 16.1 Å². The van der Waals surface area contributed by atoms with Crippen molar-refractivity contribution in [2.75, 3.05) is 0 Å². The quantitative estimate of drug-likeness (QED) is 0.637. The SMILES string of the molecule is CC(=O)[C@@H]1[C@H]2c3ccccc3O[C@@]1(C)N=c1s/c(=C\c3ccc(C(C)C)cc3)c(=O)n12. The van der Waals surface area contributed by atoms with E-state index in [1.54, 1.807) is 11.5 Å². The molecule has 3 atom stereocenters. The Hall–Kier alpha value is -2.99. The lowest BCUT2D eigenvalue weighted by molar-refractivity contribution is -0.132. The Bertz CT molecular complexity index is 1370. The van der Waals surface area contributed by atoms with Crippen molar-refractivity contribution in [1.82, 2.24) is 4.57 Å². The Morgan fingerprint density at radius 2 is 1.90 bits per heavy atom. The van der Waals surface area contributed by atoms with Crippen molar-refractivity contribution in [1.29, 1.82) is 0 Å².